The van der Waals surface area contributed by atoms with Crippen LogP contribution < -0.4 is 10.3 Å². The van der Waals surface area contributed by atoms with Gasteiger partial charge in [0, 0.05) is 12.8 Å². The number of aromatic nitrogens is 1. The Hall–Kier alpha value is -1.62. The predicted octanol–water partition coefficient (Wildman–Crippen LogP) is 2.84. The van der Waals surface area contributed by atoms with Gasteiger partial charge in [0.25, 0.3) is 0 Å². The van der Waals surface area contributed by atoms with E-state index in [4.69, 9.17) is 18.8 Å². The standard InChI is InChI=1S/C17H23BN2O4.C2H6/c1-16(2)17(3,4)24-18(23-16)15-6-5-14(13(11-19)20-15)22-12-7-9-21-10-8-12;1-2/h5-6,12H,7-10H2,1-4H3;1-2H3. The molecule has 2 fully saturated rings. The van der Waals surface area contributed by atoms with E-state index in [-0.39, 0.29) is 11.8 Å². The average Bonchev–Trinajstić information content (AvgIpc) is 2.85. The van der Waals surface area contributed by atoms with Crippen molar-refractivity contribution in [1.29, 1.82) is 5.26 Å². The van der Waals surface area contributed by atoms with E-state index in [0.29, 0.717) is 24.6 Å². The first-order chi connectivity index (χ1) is 12.3. The summed E-state index contributed by atoms with van der Waals surface area (Å²) < 4.78 is 23.2. The van der Waals surface area contributed by atoms with Crippen LogP contribution in [0.4, 0.5) is 0 Å². The Balaban J connectivity index is 0.00000117. The van der Waals surface area contributed by atoms with Crippen LogP contribution in [0.15, 0.2) is 12.1 Å². The summed E-state index contributed by atoms with van der Waals surface area (Å²) in [6.45, 7) is 13.3. The van der Waals surface area contributed by atoms with Crippen LogP contribution in [0.1, 0.15) is 60.1 Å². The van der Waals surface area contributed by atoms with E-state index in [2.05, 4.69) is 11.1 Å². The van der Waals surface area contributed by atoms with Crippen molar-refractivity contribution >= 4 is 12.7 Å². The third kappa shape index (κ3) is 4.37. The van der Waals surface area contributed by atoms with E-state index in [0.717, 1.165) is 12.8 Å². The van der Waals surface area contributed by atoms with Crippen LogP contribution in [0.5, 0.6) is 5.75 Å². The van der Waals surface area contributed by atoms with Gasteiger partial charge < -0.3 is 18.8 Å². The SMILES string of the molecule is CC.CC1(C)OB(c2ccc(OC3CCOCC3)c(C#N)n2)OC1(C)C. The van der Waals surface area contributed by atoms with E-state index in [1.165, 1.54) is 0 Å². The van der Waals surface area contributed by atoms with Crippen molar-refractivity contribution in [1.82, 2.24) is 4.98 Å². The fourth-order valence-corrected chi connectivity index (χ4v) is 2.71. The van der Waals surface area contributed by atoms with E-state index in [1.807, 2.05) is 41.5 Å². The molecule has 0 unspecified atom stereocenters. The van der Waals surface area contributed by atoms with Crippen molar-refractivity contribution < 1.29 is 18.8 Å². The molecule has 1 aromatic rings. The number of hydrogen-bond donors (Lipinski definition) is 0. The van der Waals surface area contributed by atoms with Crippen LogP contribution in [0.3, 0.4) is 0 Å². The van der Waals surface area contributed by atoms with Gasteiger partial charge in [0.2, 0.25) is 0 Å². The lowest BCUT2D eigenvalue weighted by atomic mass is 9.84. The molecule has 6 nitrogen and oxygen atoms in total. The molecule has 2 aliphatic heterocycles. The predicted molar refractivity (Wildman–Crippen MR) is 100 cm³/mol. The minimum Gasteiger partial charge on any atom is -0.487 e. The van der Waals surface area contributed by atoms with Crippen LogP contribution in [0, 0.1) is 11.3 Å². The van der Waals surface area contributed by atoms with Gasteiger partial charge in [-0.15, -0.1) is 0 Å². The average molecular weight is 360 g/mol. The maximum absolute atomic E-state index is 9.42. The summed E-state index contributed by atoms with van der Waals surface area (Å²) >= 11 is 0. The topological polar surface area (TPSA) is 73.6 Å². The maximum Gasteiger partial charge on any atom is 0.514 e. The second kappa shape index (κ2) is 8.38. The van der Waals surface area contributed by atoms with Crippen LogP contribution in [0.2, 0.25) is 0 Å². The smallest absolute Gasteiger partial charge is 0.487 e. The van der Waals surface area contributed by atoms with Gasteiger partial charge in [-0.2, -0.15) is 5.26 Å². The Morgan fingerprint density at radius 3 is 2.23 bits per heavy atom. The Morgan fingerprint density at radius 2 is 1.69 bits per heavy atom. The summed E-state index contributed by atoms with van der Waals surface area (Å²) in [6, 6.07) is 5.69. The number of rotatable bonds is 3. The van der Waals surface area contributed by atoms with Crippen molar-refractivity contribution in [3.05, 3.63) is 17.8 Å². The van der Waals surface area contributed by atoms with E-state index in [9.17, 15) is 5.26 Å². The lowest BCUT2D eigenvalue weighted by molar-refractivity contribution is 0.00578. The van der Waals surface area contributed by atoms with Gasteiger partial charge in [-0.3, -0.25) is 0 Å². The molecule has 0 atom stereocenters. The maximum atomic E-state index is 9.42. The van der Waals surface area contributed by atoms with Crippen molar-refractivity contribution in [2.75, 3.05) is 13.2 Å². The highest BCUT2D eigenvalue weighted by atomic mass is 16.7. The number of nitriles is 1. The minimum atomic E-state index is -0.584. The van der Waals surface area contributed by atoms with Gasteiger partial charge in [0.15, 0.2) is 11.4 Å². The van der Waals surface area contributed by atoms with Crippen molar-refractivity contribution in [2.24, 2.45) is 0 Å². The Morgan fingerprint density at radius 1 is 1.12 bits per heavy atom. The Bertz CT molecular complexity index is 635. The largest absolute Gasteiger partial charge is 0.514 e. The normalized spacial score (nSPS) is 21.5. The van der Waals surface area contributed by atoms with Crippen LogP contribution >= 0.6 is 0 Å². The first-order valence-electron chi connectivity index (χ1n) is 9.33. The summed E-state index contributed by atoms with van der Waals surface area (Å²) in [6.07, 6.45) is 1.71. The molecule has 3 rings (SSSR count). The van der Waals surface area contributed by atoms with Gasteiger partial charge in [0.1, 0.15) is 12.2 Å². The fourth-order valence-electron chi connectivity index (χ4n) is 2.71. The zero-order chi connectivity index (χ0) is 19.4. The van der Waals surface area contributed by atoms with Gasteiger partial charge in [-0.1, -0.05) is 13.8 Å². The zero-order valence-electron chi connectivity index (χ0n) is 16.7. The molecular weight excluding hydrogens is 331 g/mol. The van der Waals surface area contributed by atoms with Crippen LogP contribution in [-0.2, 0) is 14.0 Å². The van der Waals surface area contributed by atoms with Crippen molar-refractivity contribution in [2.45, 2.75) is 71.7 Å². The number of nitrogens with zero attached hydrogens (tertiary/aromatic N) is 2. The molecule has 26 heavy (non-hydrogen) atoms. The summed E-state index contributed by atoms with van der Waals surface area (Å²) in [7, 11) is -0.584. The molecule has 7 heteroatoms. The first-order valence-corrected chi connectivity index (χ1v) is 9.33. The molecule has 0 aliphatic carbocycles. The monoisotopic (exact) mass is 360 g/mol. The highest BCUT2D eigenvalue weighted by Gasteiger charge is 2.52. The number of hydrogen-bond acceptors (Lipinski definition) is 6. The van der Waals surface area contributed by atoms with E-state index < -0.39 is 18.3 Å². The molecule has 0 aromatic carbocycles. The Kier molecular flexibility index (Phi) is 6.67. The quantitative estimate of drug-likeness (QED) is 0.772. The second-order valence-electron chi connectivity index (χ2n) is 7.21. The molecule has 0 radical (unpaired) electrons. The summed E-state index contributed by atoms with van der Waals surface area (Å²) in [4.78, 5) is 4.40. The molecular formula is C19H29BN2O4. The van der Waals surface area contributed by atoms with E-state index >= 15 is 0 Å². The summed E-state index contributed by atoms with van der Waals surface area (Å²) in [5.74, 6) is 0.504. The zero-order valence-corrected chi connectivity index (χ0v) is 16.7. The summed E-state index contributed by atoms with van der Waals surface area (Å²) in [5.41, 5.74) is -0.0365. The first kappa shape index (κ1) is 20.7. The minimum absolute atomic E-state index is 0.0651. The molecule has 0 saturated carbocycles. The molecule has 142 valence electrons. The van der Waals surface area contributed by atoms with Gasteiger partial charge >= 0.3 is 7.12 Å². The molecule has 0 bridgehead atoms. The van der Waals surface area contributed by atoms with Gasteiger partial charge in [-0.25, -0.2) is 4.98 Å². The second-order valence-corrected chi connectivity index (χ2v) is 7.21. The lowest BCUT2D eigenvalue weighted by Gasteiger charge is -2.32. The number of pyridine rings is 1. The molecule has 2 aliphatic rings. The molecule has 0 N–H and O–H groups in total. The van der Waals surface area contributed by atoms with Crippen LogP contribution in [0.25, 0.3) is 0 Å². The van der Waals surface area contributed by atoms with Crippen molar-refractivity contribution in [3.8, 4) is 11.8 Å². The fraction of sp³-hybridized carbons (Fsp3) is 0.684. The van der Waals surface area contributed by atoms with E-state index in [1.54, 1.807) is 12.1 Å². The number of ether oxygens (including phenoxy) is 2. The van der Waals surface area contributed by atoms with Gasteiger partial charge in [0.05, 0.1) is 30.0 Å². The van der Waals surface area contributed by atoms with Gasteiger partial charge in [-0.05, 0) is 39.8 Å². The van der Waals surface area contributed by atoms with Crippen molar-refractivity contribution in [3.63, 3.8) is 0 Å². The lowest BCUT2D eigenvalue weighted by Crippen LogP contribution is -2.41. The molecule has 0 amide bonds. The molecule has 3 heterocycles. The molecule has 0 spiro atoms. The Labute approximate surface area is 156 Å². The third-order valence-electron chi connectivity index (χ3n) is 4.94. The van der Waals surface area contributed by atoms with Crippen LogP contribution in [-0.4, -0.2) is 42.6 Å². The molecule has 2 saturated heterocycles. The molecule has 1 aromatic heterocycles. The third-order valence-corrected chi connectivity index (χ3v) is 4.94. The summed E-state index contributed by atoms with van der Waals surface area (Å²) in [5, 5.41) is 9.42. The highest BCUT2D eigenvalue weighted by molar-refractivity contribution is 6.61. The highest BCUT2D eigenvalue weighted by Crippen LogP contribution is 2.36.